The van der Waals surface area contributed by atoms with Crippen molar-refractivity contribution in [2.24, 2.45) is 0 Å². The van der Waals surface area contributed by atoms with Crippen molar-refractivity contribution in [2.75, 3.05) is 16.4 Å². The summed E-state index contributed by atoms with van der Waals surface area (Å²) in [5.41, 5.74) is 2.63. The molecule has 9 nitrogen and oxygen atoms in total. The number of hydrogen-bond donors (Lipinski definition) is 5. The van der Waals surface area contributed by atoms with E-state index in [2.05, 4.69) is 16.0 Å². The molecule has 212 valence electrons. The number of anilines is 2. The lowest BCUT2D eigenvalue weighted by atomic mass is 10.1. The number of phenols is 1. The first-order valence-electron chi connectivity index (χ1n) is 12.7. The zero-order valence-corrected chi connectivity index (χ0v) is 23.3. The molecule has 42 heavy (non-hydrogen) atoms. The molecule has 0 spiro atoms. The molecule has 0 heterocycles. The number of aryl methyl sites for hydroxylation is 1. The van der Waals surface area contributed by atoms with Crippen LogP contribution in [-0.2, 0) is 9.59 Å². The molecule has 0 aliphatic carbocycles. The summed E-state index contributed by atoms with van der Waals surface area (Å²) in [5, 5.41) is 26.9. The highest BCUT2D eigenvalue weighted by Gasteiger charge is 2.16. The van der Waals surface area contributed by atoms with E-state index in [1.165, 1.54) is 30.0 Å². The van der Waals surface area contributed by atoms with Crippen molar-refractivity contribution in [1.29, 1.82) is 0 Å². The largest absolute Gasteiger partial charge is 0.507 e. The van der Waals surface area contributed by atoms with Crippen LogP contribution in [-0.4, -0.2) is 39.7 Å². The molecule has 0 fully saturated rings. The molecule has 4 aromatic rings. The highest BCUT2D eigenvalue weighted by atomic mass is 32.2. The number of carbonyl (C=O) groups is 4. The van der Waals surface area contributed by atoms with E-state index >= 15 is 0 Å². The Balaban J connectivity index is 1.43. The van der Waals surface area contributed by atoms with Crippen molar-refractivity contribution < 1.29 is 29.4 Å². The molecule has 4 aromatic carbocycles. The fourth-order valence-corrected chi connectivity index (χ4v) is 4.52. The number of amides is 3. The Labute approximate surface area is 246 Å². The van der Waals surface area contributed by atoms with Crippen LogP contribution >= 0.6 is 11.8 Å². The molecule has 0 unspecified atom stereocenters. The molecule has 0 aliphatic rings. The zero-order valence-electron chi connectivity index (χ0n) is 22.5. The van der Waals surface area contributed by atoms with Crippen LogP contribution in [0, 0.1) is 6.92 Å². The SMILES string of the molecule is Cc1ccc(/C=C(\NC(=O)c2ccccc2)C(=O)Nc2cccc(SCC(=O)Nc3ccc(O)c(C(=O)O)c3)c2)cc1. The van der Waals surface area contributed by atoms with Crippen LogP contribution < -0.4 is 16.0 Å². The maximum absolute atomic E-state index is 13.3. The molecule has 3 amide bonds. The minimum Gasteiger partial charge on any atom is -0.507 e. The van der Waals surface area contributed by atoms with E-state index < -0.39 is 23.5 Å². The number of rotatable bonds is 10. The molecule has 0 bridgehead atoms. The predicted molar refractivity (Wildman–Crippen MR) is 163 cm³/mol. The molecule has 0 saturated heterocycles. The number of aromatic hydroxyl groups is 1. The highest BCUT2D eigenvalue weighted by molar-refractivity contribution is 8.00. The summed E-state index contributed by atoms with van der Waals surface area (Å²) in [6.45, 7) is 1.95. The minimum atomic E-state index is -1.31. The lowest BCUT2D eigenvalue weighted by Crippen LogP contribution is -2.30. The van der Waals surface area contributed by atoms with Gasteiger partial charge in [0.25, 0.3) is 11.8 Å². The van der Waals surface area contributed by atoms with Crippen molar-refractivity contribution in [2.45, 2.75) is 11.8 Å². The normalized spacial score (nSPS) is 10.9. The van der Waals surface area contributed by atoms with Gasteiger partial charge in [0.2, 0.25) is 5.91 Å². The molecule has 0 atom stereocenters. The van der Waals surface area contributed by atoms with Crippen molar-refractivity contribution >= 4 is 52.9 Å². The fourth-order valence-electron chi connectivity index (χ4n) is 3.76. The third kappa shape index (κ3) is 8.33. The van der Waals surface area contributed by atoms with Crippen molar-refractivity contribution in [3.63, 3.8) is 0 Å². The summed E-state index contributed by atoms with van der Waals surface area (Å²) < 4.78 is 0. The molecule has 4 rings (SSSR count). The molecule has 10 heteroatoms. The van der Waals surface area contributed by atoms with Crippen molar-refractivity contribution in [3.8, 4) is 5.75 Å². The van der Waals surface area contributed by atoms with Crippen LogP contribution in [0.25, 0.3) is 6.08 Å². The fraction of sp³-hybridized carbons (Fsp3) is 0.0625. The Kier molecular flexibility index (Phi) is 9.75. The summed E-state index contributed by atoms with van der Waals surface area (Å²) in [6, 6.07) is 26.7. The van der Waals surface area contributed by atoms with E-state index in [9.17, 15) is 24.3 Å². The van der Waals surface area contributed by atoms with Crippen molar-refractivity contribution in [3.05, 3.63) is 125 Å². The second-order valence-electron chi connectivity index (χ2n) is 9.14. The third-order valence-corrected chi connectivity index (χ3v) is 6.88. The summed E-state index contributed by atoms with van der Waals surface area (Å²) in [4.78, 5) is 50.5. The monoisotopic (exact) mass is 581 g/mol. The Morgan fingerprint density at radius 3 is 2.24 bits per heavy atom. The van der Waals surface area contributed by atoms with Gasteiger partial charge in [-0.2, -0.15) is 0 Å². The summed E-state index contributed by atoms with van der Waals surface area (Å²) in [6.07, 6.45) is 1.59. The van der Waals surface area contributed by atoms with E-state index in [1.54, 1.807) is 60.7 Å². The molecule has 0 aromatic heterocycles. The maximum Gasteiger partial charge on any atom is 0.339 e. The van der Waals surface area contributed by atoms with E-state index in [4.69, 9.17) is 5.11 Å². The van der Waals surface area contributed by atoms with Gasteiger partial charge < -0.3 is 26.2 Å². The van der Waals surface area contributed by atoms with Gasteiger partial charge in [0.15, 0.2) is 0 Å². The second-order valence-corrected chi connectivity index (χ2v) is 10.2. The molecule has 0 aliphatic heterocycles. The van der Waals surface area contributed by atoms with Crippen LogP contribution in [0.2, 0.25) is 0 Å². The van der Waals surface area contributed by atoms with Crippen LogP contribution in [0.15, 0.2) is 108 Å². The predicted octanol–water partition coefficient (Wildman–Crippen LogP) is 5.54. The quantitative estimate of drug-likeness (QED) is 0.0939. The lowest BCUT2D eigenvalue weighted by molar-refractivity contribution is -0.114. The molecular formula is C32H27N3O6S. The molecular weight excluding hydrogens is 554 g/mol. The third-order valence-electron chi connectivity index (χ3n) is 5.89. The first-order valence-corrected chi connectivity index (χ1v) is 13.7. The Hall–Kier alpha value is -5.35. The van der Waals surface area contributed by atoms with E-state index in [-0.39, 0.29) is 28.6 Å². The topological polar surface area (TPSA) is 145 Å². The lowest BCUT2D eigenvalue weighted by Gasteiger charge is -2.12. The van der Waals surface area contributed by atoms with Crippen LogP contribution in [0.3, 0.4) is 0 Å². The van der Waals surface area contributed by atoms with Crippen LogP contribution in [0.1, 0.15) is 31.8 Å². The minimum absolute atomic E-state index is 0.00634. The average molecular weight is 582 g/mol. The molecule has 0 radical (unpaired) electrons. The molecule has 0 saturated carbocycles. The number of hydrogen-bond acceptors (Lipinski definition) is 6. The number of carbonyl (C=O) groups excluding carboxylic acids is 3. The number of carboxylic acids is 1. The smallest absolute Gasteiger partial charge is 0.339 e. The first-order chi connectivity index (χ1) is 20.2. The summed E-state index contributed by atoms with van der Waals surface area (Å²) in [7, 11) is 0. The van der Waals surface area contributed by atoms with Gasteiger partial charge in [-0.15, -0.1) is 11.8 Å². The Morgan fingerprint density at radius 1 is 0.810 bits per heavy atom. The van der Waals surface area contributed by atoms with E-state index in [1.807, 2.05) is 31.2 Å². The zero-order chi connectivity index (χ0) is 30.1. The summed E-state index contributed by atoms with van der Waals surface area (Å²) >= 11 is 1.21. The van der Waals surface area contributed by atoms with Gasteiger partial charge in [-0.3, -0.25) is 14.4 Å². The number of carboxylic acid groups (broad SMARTS) is 1. The highest BCUT2D eigenvalue weighted by Crippen LogP contribution is 2.24. The van der Waals surface area contributed by atoms with E-state index in [0.29, 0.717) is 16.1 Å². The van der Waals surface area contributed by atoms with Gasteiger partial charge in [0, 0.05) is 21.8 Å². The van der Waals surface area contributed by atoms with Crippen molar-refractivity contribution in [1.82, 2.24) is 5.32 Å². The van der Waals surface area contributed by atoms with Gasteiger partial charge in [0.1, 0.15) is 17.0 Å². The van der Waals surface area contributed by atoms with Gasteiger partial charge in [0.05, 0.1) is 5.75 Å². The number of aromatic carboxylic acids is 1. The standard InChI is InChI=1S/C32H27N3O6S/c1-20-10-12-21(13-11-20)16-27(35-30(38)22-6-3-2-4-7-22)31(39)34-23-8-5-9-25(17-23)42-19-29(37)33-24-14-15-28(36)26(18-24)32(40)41/h2-18,36H,19H2,1H3,(H,33,37)(H,34,39)(H,35,38)(H,40,41)/b27-16-. The van der Waals surface area contributed by atoms with Gasteiger partial charge in [-0.1, -0.05) is 54.1 Å². The summed E-state index contributed by atoms with van der Waals surface area (Å²) in [5.74, 6) is -3.04. The first kappa shape index (κ1) is 29.6. The number of thioether (sulfide) groups is 1. The molecule has 5 N–H and O–H groups in total. The Bertz CT molecular complexity index is 1650. The Morgan fingerprint density at radius 2 is 1.52 bits per heavy atom. The van der Waals surface area contributed by atoms with Gasteiger partial charge >= 0.3 is 5.97 Å². The van der Waals surface area contributed by atoms with E-state index in [0.717, 1.165) is 11.1 Å². The van der Waals surface area contributed by atoms with Gasteiger partial charge in [-0.05, 0) is 67.1 Å². The average Bonchev–Trinajstić information content (AvgIpc) is 2.98. The number of benzene rings is 4. The second kappa shape index (κ2) is 13.8. The van der Waals surface area contributed by atoms with Crippen LogP contribution in [0.4, 0.5) is 11.4 Å². The number of nitrogens with one attached hydrogen (secondary N) is 3. The maximum atomic E-state index is 13.3. The van der Waals surface area contributed by atoms with Crippen LogP contribution in [0.5, 0.6) is 5.75 Å². The van der Waals surface area contributed by atoms with Gasteiger partial charge in [-0.25, -0.2) is 4.79 Å².